The van der Waals surface area contributed by atoms with Gasteiger partial charge in [-0.25, -0.2) is 4.79 Å². The van der Waals surface area contributed by atoms with Crippen LogP contribution in [0.15, 0.2) is 15.8 Å². The normalized spacial score (nSPS) is 29.1. The van der Waals surface area contributed by atoms with E-state index in [1.807, 2.05) is 0 Å². The van der Waals surface area contributed by atoms with Crippen molar-refractivity contribution in [3.05, 3.63) is 27.0 Å². The van der Waals surface area contributed by atoms with E-state index in [1.54, 1.807) is 0 Å². The van der Waals surface area contributed by atoms with Crippen LogP contribution in [0.2, 0.25) is 0 Å². The summed E-state index contributed by atoms with van der Waals surface area (Å²) in [5.41, 5.74) is -2.95. The summed E-state index contributed by atoms with van der Waals surface area (Å²) >= 11 is 0. The third kappa shape index (κ3) is 2.12. The van der Waals surface area contributed by atoms with Gasteiger partial charge in [0.25, 0.3) is 5.56 Å². The highest BCUT2D eigenvalue weighted by molar-refractivity contribution is 5.17. The minimum Gasteiger partial charge on any atom is -0.490 e. The molecule has 0 saturated carbocycles. The zero-order valence-electron chi connectivity index (χ0n) is 10.7. The van der Waals surface area contributed by atoms with Gasteiger partial charge in [0.1, 0.15) is 12.3 Å². The number of aliphatic hydroxyl groups is 2. The molecule has 0 aliphatic carbocycles. The van der Waals surface area contributed by atoms with Gasteiger partial charge in [-0.15, -0.1) is 6.42 Å². The molecule has 3 N–H and O–H groups in total. The first-order chi connectivity index (χ1) is 9.47. The Morgan fingerprint density at radius 3 is 2.90 bits per heavy atom. The van der Waals surface area contributed by atoms with Crippen LogP contribution < -0.4 is 16.0 Å². The molecule has 20 heavy (non-hydrogen) atoms. The van der Waals surface area contributed by atoms with Crippen LogP contribution in [0.4, 0.5) is 0 Å². The lowest BCUT2D eigenvalue weighted by Crippen LogP contribution is -2.41. The molecular weight excluding hydrogens is 268 g/mol. The van der Waals surface area contributed by atoms with Gasteiger partial charge in [0, 0.05) is 6.42 Å². The second-order valence-corrected chi connectivity index (χ2v) is 4.38. The zero-order valence-corrected chi connectivity index (χ0v) is 10.7. The van der Waals surface area contributed by atoms with Crippen molar-refractivity contribution in [1.82, 2.24) is 9.55 Å². The van der Waals surface area contributed by atoms with E-state index in [0.29, 0.717) is 0 Å². The Hall–Kier alpha value is -2.08. The van der Waals surface area contributed by atoms with Gasteiger partial charge in [-0.2, -0.15) is 0 Å². The first kappa shape index (κ1) is 14.3. The summed E-state index contributed by atoms with van der Waals surface area (Å²) in [7, 11) is 1.28. The first-order valence-corrected chi connectivity index (χ1v) is 5.81. The van der Waals surface area contributed by atoms with E-state index >= 15 is 0 Å². The molecule has 3 atom stereocenters. The lowest BCUT2D eigenvalue weighted by atomic mass is 9.99. The topological polar surface area (TPSA) is 114 Å². The minimum absolute atomic E-state index is 0.000134. The van der Waals surface area contributed by atoms with Gasteiger partial charge in [0.2, 0.25) is 5.75 Å². The predicted molar refractivity (Wildman–Crippen MR) is 67.3 cm³/mol. The third-order valence-electron chi connectivity index (χ3n) is 3.25. The summed E-state index contributed by atoms with van der Waals surface area (Å²) in [5, 5.41) is 19.2. The second-order valence-electron chi connectivity index (χ2n) is 4.38. The Morgan fingerprint density at radius 1 is 1.70 bits per heavy atom. The summed E-state index contributed by atoms with van der Waals surface area (Å²) < 4.78 is 11.3. The van der Waals surface area contributed by atoms with Gasteiger partial charge >= 0.3 is 5.69 Å². The number of hydrogen-bond donors (Lipinski definition) is 3. The van der Waals surface area contributed by atoms with Crippen LogP contribution in [0, 0.1) is 12.3 Å². The number of aliphatic hydroxyl groups excluding tert-OH is 2. The summed E-state index contributed by atoms with van der Waals surface area (Å²) in [5.74, 6) is 2.12. The number of nitrogens with zero attached hydrogens (tertiary/aromatic N) is 1. The molecule has 0 amide bonds. The van der Waals surface area contributed by atoms with Crippen LogP contribution in [0.5, 0.6) is 5.75 Å². The van der Waals surface area contributed by atoms with E-state index in [4.69, 9.17) is 15.9 Å². The highest BCUT2D eigenvalue weighted by Gasteiger charge is 2.47. The average Bonchev–Trinajstić information content (AvgIpc) is 2.76. The van der Waals surface area contributed by atoms with Crippen LogP contribution >= 0.6 is 0 Å². The molecular formula is C12H14N2O6. The maximum absolute atomic E-state index is 11.8. The number of aromatic nitrogens is 2. The van der Waals surface area contributed by atoms with E-state index in [1.165, 1.54) is 13.3 Å². The van der Waals surface area contributed by atoms with Crippen molar-refractivity contribution in [2.24, 2.45) is 0 Å². The molecule has 108 valence electrons. The number of terminal acetylenes is 1. The summed E-state index contributed by atoms with van der Waals surface area (Å²) in [6.45, 7) is -0.587. The fourth-order valence-corrected chi connectivity index (χ4v) is 2.07. The van der Waals surface area contributed by atoms with E-state index in [0.717, 1.165) is 4.57 Å². The van der Waals surface area contributed by atoms with E-state index in [9.17, 15) is 19.8 Å². The van der Waals surface area contributed by atoms with E-state index < -0.39 is 35.8 Å². The molecule has 1 aliphatic rings. The quantitative estimate of drug-likeness (QED) is 0.563. The Labute approximate surface area is 113 Å². The predicted octanol–water partition coefficient (Wildman–Crippen LogP) is -1.81. The Morgan fingerprint density at radius 2 is 2.40 bits per heavy atom. The molecule has 1 aromatic rings. The lowest BCUT2D eigenvalue weighted by molar-refractivity contribution is -0.0913. The van der Waals surface area contributed by atoms with Gasteiger partial charge in [-0.1, -0.05) is 5.92 Å². The fraction of sp³-hybridized carbons (Fsp3) is 0.500. The van der Waals surface area contributed by atoms with Crippen molar-refractivity contribution in [3.63, 3.8) is 0 Å². The first-order valence-electron chi connectivity index (χ1n) is 5.81. The highest BCUT2D eigenvalue weighted by Crippen LogP contribution is 2.35. The summed E-state index contributed by atoms with van der Waals surface area (Å²) in [6.07, 6.45) is 4.39. The molecule has 2 heterocycles. The van der Waals surface area contributed by atoms with E-state index in [2.05, 4.69) is 10.9 Å². The summed E-state index contributed by atoms with van der Waals surface area (Å²) in [6, 6.07) is 0. The third-order valence-corrected chi connectivity index (χ3v) is 3.25. The summed E-state index contributed by atoms with van der Waals surface area (Å²) in [4.78, 5) is 25.2. The van der Waals surface area contributed by atoms with Gasteiger partial charge in [-0.05, 0) is 0 Å². The van der Waals surface area contributed by atoms with Crippen molar-refractivity contribution in [2.75, 3.05) is 13.7 Å². The van der Waals surface area contributed by atoms with Gasteiger partial charge in [-0.3, -0.25) is 14.3 Å². The smallest absolute Gasteiger partial charge is 0.330 e. The number of aromatic amines is 1. The standard InChI is InChI=1S/C12H14N2O6/c1-3-12(6-15)8(16)4-9(20-12)14-5-7(19-2)10(17)13-11(14)18/h1,5,8-9,15-16H,4,6H2,2H3,(H,13,17,18)/t8-,9?,12+/m0/s1. The molecule has 1 unspecified atom stereocenters. The maximum Gasteiger partial charge on any atom is 0.330 e. The Kier molecular flexibility index (Phi) is 3.67. The molecule has 0 spiro atoms. The zero-order chi connectivity index (χ0) is 14.9. The number of H-pyrrole nitrogens is 1. The molecule has 0 bridgehead atoms. The monoisotopic (exact) mass is 282 g/mol. The molecule has 8 nitrogen and oxygen atoms in total. The van der Waals surface area contributed by atoms with Crippen LogP contribution in [-0.4, -0.2) is 45.2 Å². The Balaban J connectivity index is 2.43. The van der Waals surface area contributed by atoms with Crippen LogP contribution in [0.25, 0.3) is 0 Å². The molecule has 2 rings (SSSR count). The van der Waals surface area contributed by atoms with Crippen molar-refractivity contribution < 1.29 is 19.7 Å². The molecule has 1 aliphatic heterocycles. The number of ether oxygens (including phenoxy) is 2. The van der Waals surface area contributed by atoms with Crippen molar-refractivity contribution in [3.8, 4) is 18.1 Å². The largest absolute Gasteiger partial charge is 0.490 e. The second kappa shape index (κ2) is 5.13. The van der Waals surface area contributed by atoms with E-state index in [-0.39, 0.29) is 12.2 Å². The van der Waals surface area contributed by atoms with Gasteiger partial charge in [0.15, 0.2) is 5.60 Å². The Bertz CT molecular complexity index is 657. The van der Waals surface area contributed by atoms with Crippen molar-refractivity contribution >= 4 is 0 Å². The highest BCUT2D eigenvalue weighted by atomic mass is 16.6. The average molecular weight is 282 g/mol. The molecule has 1 fully saturated rings. The lowest BCUT2D eigenvalue weighted by Gasteiger charge is -2.23. The van der Waals surface area contributed by atoms with Gasteiger partial charge in [0.05, 0.1) is 19.9 Å². The van der Waals surface area contributed by atoms with Crippen LogP contribution in [-0.2, 0) is 4.74 Å². The van der Waals surface area contributed by atoms with Crippen LogP contribution in [0.1, 0.15) is 12.6 Å². The van der Waals surface area contributed by atoms with Crippen LogP contribution in [0.3, 0.4) is 0 Å². The van der Waals surface area contributed by atoms with Gasteiger partial charge < -0.3 is 19.7 Å². The van der Waals surface area contributed by atoms with Crippen molar-refractivity contribution in [1.29, 1.82) is 0 Å². The number of hydrogen-bond acceptors (Lipinski definition) is 6. The maximum atomic E-state index is 11.8. The number of nitrogens with one attached hydrogen (secondary N) is 1. The number of rotatable bonds is 3. The fourth-order valence-electron chi connectivity index (χ4n) is 2.07. The SMILES string of the molecule is C#C[C@]1(CO)OC(n2cc(OC)c(=O)[nH]c2=O)C[C@@H]1O. The molecule has 1 aromatic heterocycles. The molecule has 1 saturated heterocycles. The number of methoxy groups -OCH3 is 1. The van der Waals surface area contributed by atoms with Crippen molar-refractivity contribution in [2.45, 2.75) is 24.4 Å². The molecule has 0 radical (unpaired) electrons. The molecule has 8 heteroatoms. The molecule has 0 aromatic carbocycles. The minimum atomic E-state index is -1.56.